The molecular weight excluding hydrogens is 364 g/mol. The van der Waals surface area contributed by atoms with E-state index in [-0.39, 0.29) is 21.8 Å². The molecule has 1 aromatic heterocycles. The first-order valence-electron chi connectivity index (χ1n) is 5.46. The second kappa shape index (κ2) is 6.02. The summed E-state index contributed by atoms with van der Waals surface area (Å²) >= 11 is 3.98. The molecule has 108 valence electrons. The van der Waals surface area contributed by atoms with Gasteiger partial charge in [-0.1, -0.05) is 17.4 Å². The van der Waals surface area contributed by atoms with Gasteiger partial charge in [-0.25, -0.2) is 4.79 Å². The zero-order valence-electron chi connectivity index (χ0n) is 10.2. The number of nitro groups is 1. The van der Waals surface area contributed by atoms with E-state index in [2.05, 4.69) is 21.2 Å². The van der Waals surface area contributed by atoms with Crippen molar-refractivity contribution in [3.8, 4) is 0 Å². The van der Waals surface area contributed by atoms with Crippen molar-refractivity contribution >= 4 is 49.8 Å². The number of aromatic carboxylic acids is 1. The Morgan fingerprint density at radius 3 is 2.67 bits per heavy atom. The van der Waals surface area contributed by atoms with Gasteiger partial charge in [0.2, 0.25) is 0 Å². The number of amides is 1. The third-order valence-electron chi connectivity index (χ3n) is 2.51. The predicted octanol–water partition coefficient (Wildman–Crippen LogP) is 3.37. The Kier molecular flexibility index (Phi) is 4.34. The van der Waals surface area contributed by atoms with Gasteiger partial charge in [-0.05, 0) is 28.1 Å². The van der Waals surface area contributed by atoms with Gasteiger partial charge < -0.3 is 10.4 Å². The van der Waals surface area contributed by atoms with Crippen LogP contribution >= 0.6 is 27.3 Å². The minimum atomic E-state index is -1.19. The number of hydrogen-bond acceptors (Lipinski definition) is 5. The van der Waals surface area contributed by atoms with Crippen LogP contribution in [0.5, 0.6) is 0 Å². The largest absolute Gasteiger partial charge is 0.478 e. The van der Waals surface area contributed by atoms with Gasteiger partial charge in [0, 0.05) is 15.9 Å². The Balaban J connectivity index is 2.31. The molecule has 21 heavy (non-hydrogen) atoms. The smallest absolute Gasteiger partial charge is 0.337 e. The fourth-order valence-corrected chi connectivity index (χ4v) is 2.72. The van der Waals surface area contributed by atoms with Crippen molar-refractivity contribution in [2.45, 2.75) is 0 Å². The number of thiophene rings is 1. The van der Waals surface area contributed by atoms with Crippen LogP contribution in [0.4, 0.5) is 10.7 Å². The first-order valence-corrected chi connectivity index (χ1v) is 7.13. The molecule has 0 spiro atoms. The van der Waals surface area contributed by atoms with Crippen molar-refractivity contribution in [3.63, 3.8) is 0 Å². The number of halogens is 1. The lowest BCUT2D eigenvalue weighted by Gasteiger charge is -2.09. The molecule has 0 aliphatic heterocycles. The van der Waals surface area contributed by atoms with E-state index in [0.717, 1.165) is 17.4 Å². The van der Waals surface area contributed by atoms with Crippen LogP contribution in [0.1, 0.15) is 20.7 Å². The Bertz CT molecular complexity index is 743. The average Bonchev–Trinajstić information content (AvgIpc) is 2.90. The molecule has 9 heteroatoms. The first-order chi connectivity index (χ1) is 9.90. The van der Waals surface area contributed by atoms with Crippen molar-refractivity contribution in [1.29, 1.82) is 0 Å². The standard InChI is InChI=1S/C12H7BrN2O5S/c13-8-3-1-2-7(12(17)18)10(8)14-11(16)6-4-9(15(19)20)21-5-6/h1-5H,(H,14,16)(H,17,18). The molecule has 1 amide bonds. The number of anilines is 1. The van der Waals surface area contributed by atoms with Crippen molar-refractivity contribution in [2.75, 3.05) is 5.32 Å². The van der Waals surface area contributed by atoms with Crippen LogP contribution in [-0.2, 0) is 0 Å². The molecule has 0 aliphatic rings. The van der Waals surface area contributed by atoms with Crippen LogP contribution in [0.2, 0.25) is 0 Å². The second-order valence-corrected chi connectivity index (χ2v) is 5.60. The molecule has 1 aromatic carbocycles. The van der Waals surface area contributed by atoms with E-state index in [1.54, 1.807) is 6.07 Å². The van der Waals surface area contributed by atoms with Crippen LogP contribution in [0.15, 0.2) is 34.1 Å². The number of rotatable bonds is 4. The molecule has 0 atom stereocenters. The molecule has 2 aromatic rings. The number of carbonyl (C=O) groups is 2. The van der Waals surface area contributed by atoms with Crippen molar-refractivity contribution < 1.29 is 19.6 Å². The Morgan fingerprint density at radius 1 is 1.38 bits per heavy atom. The molecule has 2 rings (SSSR count). The van der Waals surface area contributed by atoms with Gasteiger partial charge in [-0.2, -0.15) is 0 Å². The molecule has 0 unspecified atom stereocenters. The Morgan fingerprint density at radius 2 is 2.10 bits per heavy atom. The van der Waals surface area contributed by atoms with Crippen LogP contribution in [-0.4, -0.2) is 21.9 Å². The lowest BCUT2D eigenvalue weighted by atomic mass is 10.1. The number of hydrogen-bond donors (Lipinski definition) is 2. The summed E-state index contributed by atoms with van der Waals surface area (Å²) in [5, 5.41) is 23.3. The highest BCUT2D eigenvalue weighted by atomic mass is 79.9. The topological polar surface area (TPSA) is 110 Å². The number of para-hydroxylation sites is 1. The fraction of sp³-hybridized carbons (Fsp3) is 0. The summed E-state index contributed by atoms with van der Waals surface area (Å²) in [6, 6.07) is 5.59. The van der Waals surface area contributed by atoms with Gasteiger partial charge >= 0.3 is 11.0 Å². The number of carbonyl (C=O) groups excluding carboxylic acids is 1. The SMILES string of the molecule is O=C(Nc1c(Br)cccc1C(=O)O)c1csc([N+](=O)[O-])c1. The quantitative estimate of drug-likeness (QED) is 0.633. The third-order valence-corrected chi connectivity index (χ3v) is 4.05. The number of nitrogens with one attached hydrogen (secondary N) is 1. The summed E-state index contributed by atoms with van der Waals surface area (Å²) in [6.45, 7) is 0. The summed E-state index contributed by atoms with van der Waals surface area (Å²) < 4.78 is 0.403. The maximum atomic E-state index is 12.0. The Labute approximate surface area is 130 Å². The maximum absolute atomic E-state index is 12.0. The molecule has 0 radical (unpaired) electrons. The van der Waals surface area contributed by atoms with E-state index >= 15 is 0 Å². The summed E-state index contributed by atoms with van der Waals surface area (Å²) in [5.41, 5.74) is 0.116. The zero-order valence-corrected chi connectivity index (χ0v) is 12.6. The van der Waals surface area contributed by atoms with Gasteiger partial charge in [0.15, 0.2) is 0 Å². The number of benzene rings is 1. The predicted molar refractivity (Wildman–Crippen MR) is 80.0 cm³/mol. The highest BCUT2D eigenvalue weighted by Gasteiger charge is 2.19. The van der Waals surface area contributed by atoms with Gasteiger partial charge in [-0.3, -0.25) is 14.9 Å². The summed E-state index contributed by atoms with van der Waals surface area (Å²) in [4.78, 5) is 33.2. The van der Waals surface area contributed by atoms with Gasteiger partial charge in [0.25, 0.3) is 5.91 Å². The molecule has 7 nitrogen and oxygen atoms in total. The van der Waals surface area contributed by atoms with Crippen LogP contribution in [0, 0.1) is 10.1 Å². The molecule has 0 aliphatic carbocycles. The first kappa shape index (κ1) is 15.1. The lowest BCUT2D eigenvalue weighted by molar-refractivity contribution is -0.380. The number of nitrogens with zero attached hydrogens (tertiary/aromatic N) is 1. The van der Waals surface area contributed by atoms with E-state index < -0.39 is 16.8 Å². The Hall–Kier alpha value is -2.26. The van der Waals surface area contributed by atoms with Crippen molar-refractivity contribution in [1.82, 2.24) is 0 Å². The summed E-state index contributed by atoms with van der Waals surface area (Å²) in [5.74, 6) is -1.81. The molecule has 1 heterocycles. The third kappa shape index (κ3) is 3.26. The van der Waals surface area contributed by atoms with Gasteiger partial charge in [0.1, 0.15) is 0 Å². The monoisotopic (exact) mass is 370 g/mol. The lowest BCUT2D eigenvalue weighted by Crippen LogP contribution is -2.14. The normalized spacial score (nSPS) is 10.1. The van der Waals surface area contributed by atoms with E-state index in [0.29, 0.717) is 4.47 Å². The minimum absolute atomic E-state index is 0.0811. The van der Waals surface area contributed by atoms with Crippen LogP contribution in [0.3, 0.4) is 0 Å². The molecule has 0 saturated heterocycles. The molecule has 2 N–H and O–H groups in total. The molecule has 0 fully saturated rings. The van der Waals surface area contributed by atoms with Crippen LogP contribution < -0.4 is 5.32 Å². The molecule has 0 bridgehead atoms. The van der Waals surface area contributed by atoms with Gasteiger partial charge in [0.05, 0.1) is 21.7 Å². The van der Waals surface area contributed by atoms with Gasteiger partial charge in [-0.15, -0.1) is 0 Å². The molecule has 0 saturated carbocycles. The van der Waals surface area contributed by atoms with E-state index in [4.69, 9.17) is 5.11 Å². The second-order valence-electron chi connectivity index (χ2n) is 3.85. The fourth-order valence-electron chi connectivity index (χ4n) is 1.55. The summed E-state index contributed by atoms with van der Waals surface area (Å²) in [6.07, 6.45) is 0. The van der Waals surface area contributed by atoms with Crippen molar-refractivity contribution in [2.24, 2.45) is 0 Å². The highest BCUT2D eigenvalue weighted by Crippen LogP contribution is 2.28. The van der Waals surface area contributed by atoms with E-state index in [1.165, 1.54) is 17.5 Å². The highest BCUT2D eigenvalue weighted by molar-refractivity contribution is 9.10. The number of carboxylic acid groups (broad SMARTS) is 1. The summed E-state index contributed by atoms with van der Waals surface area (Å²) in [7, 11) is 0. The minimum Gasteiger partial charge on any atom is -0.478 e. The van der Waals surface area contributed by atoms with Crippen LogP contribution in [0.25, 0.3) is 0 Å². The van der Waals surface area contributed by atoms with E-state index in [1.807, 2.05) is 0 Å². The maximum Gasteiger partial charge on any atom is 0.337 e. The van der Waals surface area contributed by atoms with Crippen molar-refractivity contribution in [3.05, 3.63) is 55.4 Å². The number of carboxylic acids is 1. The zero-order chi connectivity index (χ0) is 15.6. The molecular formula is C12H7BrN2O5S. The van der Waals surface area contributed by atoms with E-state index in [9.17, 15) is 19.7 Å². The average molecular weight is 371 g/mol.